The second kappa shape index (κ2) is 5.70. The third kappa shape index (κ3) is 3.50. The molecule has 0 aliphatic carbocycles. The minimum absolute atomic E-state index is 0.0429. The summed E-state index contributed by atoms with van der Waals surface area (Å²) < 4.78 is 5.26. The van der Waals surface area contributed by atoms with E-state index in [1.165, 1.54) is 0 Å². The normalized spacial score (nSPS) is 13.0. The zero-order chi connectivity index (χ0) is 15.6. The molecule has 2 aromatic rings. The Morgan fingerprint density at radius 2 is 1.76 bits per heavy atom. The zero-order valence-electron chi connectivity index (χ0n) is 12.6. The fourth-order valence-electron chi connectivity index (χ4n) is 2.13. The molecule has 0 saturated heterocycles. The van der Waals surface area contributed by atoms with E-state index in [0.29, 0.717) is 5.56 Å². The van der Waals surface area contributed by atoms with Crippen LogP contribution in [0.5, 0.6) is 0 Å². The zero-order valence-corrected chi connectivity index (χ0v) is 12.6. The quantitative estimate of drug-likeness (QED) is 0.689. The number of carbonyl (C=O) groups is 1. The van der Waals surface area contributed by atoms with Gasteiger partial charge < -0.3 is 9.84 Å². The van der Waals surface area contributed by atoms with Crippen LogP contribution >= 0.6 is 0 Å². The molecular formula is C18H20O3. The van der Waals surface area contributed by atoms with Crippen molar-refractivity contribution in [1.29, 1.82) is 0 Å². The molecule has 3 nitrogen and oxygen atoms in total. The van der Waals surface area contributed by atoms with Crippen LogP contribution in [0.2, 0.25) is 0 Å². The predicted octanol–water partition coefficient (Wildman–Crippen LogP) is 3.77. The number of aliphatic hydroxyl groups excluding tert-OH is 1. The summed E-state index contributed by atoms with van der Waals surface area (Å²) >= 11 is 0. The molecule has 2 aromatic carbocycles. The SMILES string of the molecule is C=C(C(=O)OC(C)(C)C)C(O)c1cccc2ccccc12. The molecule has 0 radical (unpaired) electrons. The maximum Gasteiger partial charge on any atom is 0.336 e. The van der Waals surface area contributed by atoms with Gasteiger partial charge in [-0.05, 0) is 37.1 Å². The summed E-state index contributed by atoms with van der Waals surface area (Å²) in [5, 5.41) is 12.4. The topological polar surface area (TPSA) is 46.5 Å². The number of rotatable bonds is 3. The fraction of sp³-hybridized carbons (Fsp3) is 0.278. The van der Waals surface area contributed by atoms with Crippen LogP contribution in [-0.4, -0.2) is 16.7 Å². The van der Waals surface area contributed by atoms with E-state index < -0.39 is 17.7 Å². The molecule has 1 N–H and O–H groups in total. The standard InChI is InChI=1S/C18H20O3/c1-12(17(20)21-18(2,3)4)16(19)15-11-7-9-13-8-5-6-10-14(13)15/h5-11,16,19H,1H2,2-4H3. The summed E-state index contributed by atoms with van der Waals surface area (Å²) in [5.74, 6) is -0.581. The van der Waals surface area contributed by atoms with E-state index in [2.05, 4.69) is 6.58 Å². The highest BCUT2D eigenvalue weighted by Gasteiger charge is 2.25. The van der Waals surface area contributed by atoms with Crippen molar-refractivity contribution < 1.29 is 14.6 Å². The van der Waals surface area contributed by atoms with Gasteiger partial charge in [-0.3, -0.25) is 0 Å². The Labute approximate surface area is 124 Å². The molecule has 0 spiro atoms. The van der Waals surface area contributed by atoms with Gasteiger partial charge in [0.1, 0.15) is 11.7 Å². The van der Waals surface area contributed by atoms with Gasteiger partial charge in [-0.15, -0.1) is 0 Å². The van der Waals surface area contributed by atoms with Crippen molar-refractivity contribution in [1.82, 2.24) is 0 Å². The maximum absolute atomic E-state index is 12.0. The van der Waals surface area contributed by atoms with E-state index in [9.17, 15) is 9.90 Å². The van der Waals surface area contributed by atoms with Crippen LogP contribution in [0.15, 0.2) is 54.6 Å². The first-order valence-electron chi connectivity index (χ1n) is 6.87. The Bertz CT molecular complexity index is 675. The van der Waals surface area contributed by atoms with Gasteiger partial charge in [0.25, 0.3) is 0 Å². The average Bonchev–Trinajstić information content (AvgIpc) is 2.43. The first kappa shape index (κ1) is 15.3. The smallest absolute Gasteiger partial charge is 0.336 e. The molecule has 21 heavy (non-hydrogen) atoms. The van der Waals surface area contributed by atoms with Gasteiger partial charge in [-0.25, -0.2) is 4.79 Å². The highest BCUT2D eigenvalue weighted by Crippen LogP contribution is 2.29. The van der Waals surface area contributed by atoms with Crippen molar-refractivity contribution >= 4 is 16.7 Å². The van der Waals surface area contributed by atoms with Crippen molar-refractivity contribution in [2.75, 3.05) is 0 Å². The molecule has 1 atom stereocenters. The summed E-state index contributed by atoms with van der Waals surface area (Å²) in [6.45, 7) is 9.04. The fourth-order valence-corrected chi connectivity index (χ4v) is 2.13. The predicted molar refractivity (Wildman–Crippen MR) is 83.9 cm³/mol. The number of benzene rings is 2. The van der Waals surface area contributed by atoms with Crippen LogP contribution < -0.4 is 0 Å². The summed E-state index contributed by atoms with van der Waals surface area (Å²) in [6.07, 6.45) is -1.08. The van der Waals surface area contributed by atoms with Crippen molar-refractivity contribution in [3.63, 3.8) is 0 Å². The highest BCUT2D eigenvalue weighted by atomic mass is 16.6. The van der Waals surface area contributed by atoms with Crippen LogP contribution in [0.25, 0.3) is 10.8 Å². The Kier molecular flexibility index (Phi) is 4.14. The number of hydrogen-bond acceptors (Lipinski definition) is 3. The van der Waals surface area contributed by atoms with E-state index in [1.54, 1.807) is 26.8 Å². The summed E-state index contributed by atoms with van der Waals surface area (Å²) in [4.78, 5) is 12.0. The van der Waals surface area contributed by atoms with Crippen LogP contribution in [0.1, 0.15) is 32.4 Å². The molecule has 0 heterocycles. The van der Waals surface area contributed by atoms with E-state index in [0.717, 1.165) is 10.8 Å². The molecule has 0 saturated carbocycles. The molecule has 0 aliphatic heterocycles. The molecule has 0 bridgehead atoms. The van der Waals surface area contributed by atoms with Crippen molar-refractivity contribution in [3.8, 4) is 0 Å². The molecule has 0 aromatic heterocycles. The molecule has 2 rings (SSSR count). The van der Waals surface area contributed by atoms with E-state index in [1.807, 2.05) is 36.4 Å². The lowest BCUT2D eigenvalue weighted by Crippen LogP contribution is -2.26. The largest absolute Gasteiger partial charge is 0.457 e. The second-order valence-corrected chi connectivity index (χ2v) is 6.00. The average molecular weight is 284 g/mol. The molecule has 1 unspecified atom stereocenters. The number of esters is 1. The van der Waals surface area contributed by atoms with Crippen LogP contribution in [0, 0.1) is 0 Å². The van der Waals surface area contributed by atoms with Gasteiger partial charge in [-0.1, -0.05) is 49.0 Å². The number of aliphatic hydroxyl groups is 1. The minimum Gasteiger partial charge on any atom is -0.457 e. The molecule has 3 heteroatoms. The molecule has 110 valence electrons. The Morgan fingerprint density at radius 1 is 1.14 bits per heavy atom. The van der Waals surface area contributed by atoms with Gasteiger partial charge in [0, 0.05) is 0 Å². The second-order valence-electron chi connectivity index (χ2n) is 6.00. The molecular weight excluding hydrogens is 264 g/mol. The van der Waals surface area contributed by atoms with Gasteiger partial charge in [0.2, 0.25) is 0 Å². The van der Waals surface area contributed by atoms with Gasteiger partial charge in [0.15, 0.2) is 0 Å². The van der Waals surface area contributed by atoms with Crippen molar-refractivity contribution in [2.24, 2.45) is 0 Å². The molecule has 0 amide bonds. The number of carbonyl (C=O) groups excluding carboxylic acids is 1. The van der Waals surface area contributed by atoms with E-state index in [-0.39, 0.29) is 5.57 Å². The third-order valence-corrected chi connectivity index (χ3v) is 3.11. The van der Waals surface area contributed by atoms with Crippen LogP contribution in [0.4, 0.5) is 0 Å². The number of ether oxygens (including phenoxy) is 1. The van der Waals surface area contributed by atoms with Gasteiger partial charge in [-0.2, -0.15) is 0 Å². The summed E-state index contributed by atoms with van der Waals surface area (Å²) in [6, 6.07) is 13.3. The summed E-state index contributed by atoms with van der Waals surface area (Å²) in [7, 11) is 0. The molecule has 0 aliphatic rings. The van der Waals surface area contributed by atoms with E-state index >= 15 is 0 Å². The lowest BCUT2D eigenvalue weighted by atomic mass is 9.96. The number of fused-ring (bicyclic) bond motifs is 1. The van der Waals surface area contributed by atoms with Gasteiger partial charge >= 0.3 is 5.97 Å². The maximum atomic E-state index is 12.0. The lowest BCUT2D eigenvalue weighted by molar-refractivity contribution is -0.151. The Morgan fingerprint density at radius 3 is 2.43 bits per heavy atom. The molecule has 0 fully saturated rings. The Balaban J connectivity index is 2.32. The van der Waals surface area contributed by atoms with Crippen molar-refractivity contribution in [2.45, 2.75) is 32.5 Å². The minimum atomic E-state index is -1.08. The third-order valence-electron chi connectivity index (χ3n) is 3.11. The first-order valence-corrected chi connectivity index (χ1v) is 6.87. The highest BCUT2D eigenvalue weighted by molar-refractivity contribution is 5.92. The van der Waals surface area contributed by atoms with Crippen LogP contribution in [0.3, 0.4) is 0 Å². The number of hydrogen-bond donors (Lipinski definition) is 1. The van der Waals surface area contributed by atoms with E-state index in [4.69, 9.17) is 4.74 Å². The van der Waals surface area contributed by atoms with Gasteiger partial charge in [0.05, 0.1) is 5.57 Å². The van der Waals surface area contributed by atoms with Crippen LogP contribution in [-0.2, 0) is 9.53 Å². The Hall–Kier alpha value is -2.13. The first-order chi connectivity index (χ1) is 9.79. The monoisotopic (exact) mass is 284 g/mol. The van der Waals surface area contributed by atoms with Crippen molar-refractivity contribution in [3.05, 3.63) is 60.2 Å². The summed E-state index contributed by atoms with van der Waals surface area (Å²) in [5.41, 5.74) is 0.0867. The lowest BCUT2D eigenvalue weighted by Gasteiger charge is -2.22.